The number of pyridine rings is 1. The summed E-state index contributed by atoms with van der Waals surface area (Å²) in [6.45, 7) is 0. The molecule has 2 aromatic heterocycles. The number of fused-ring (bicyclic) bond motifs is 1. The molecule has 0 aliphatic heterocycles. The minimum Gasteiger partial charge on any atom is -0.219 e. The lowest BCUT2D eigenvalue weighted by molar-refractivity contribution is 0.853. The van der Waals surface area contributed by atoms with E-state index >= 15 is 0 Å². The second-order valence-electron chi connectivity index (χ2n) is 2.11. The minimum absolute atomic E-state index is 0.589. The molecule has 0 unspecified atom stereocenters. The highest BCUT2D eigenvalue weighted by Crippen LogP contribution is 2.03. The lowest BCUT2D eigenvalue weighted by atomic mass is 10.3. The summed E-state index contributed by atoms with van der Waals surface area (Å²) in [5.41, 5.74) is 1.46. The molecule has 0 amide bonds. The van der Waals surface area contributed by atoms with Crippen molar-refractivity contribution < 1.29 is 0 Å². The van der Waals surface area contributed by atoms with E-state index in [2.05, 4.69) is 16.2 Å². The normalized spacial score (nSPS) is 9.73. The van der Waals surface area contributed by atoms with Gasteiger partial charge in [0.2, 0.25) is 0 Å². The van der Waals surface area contributed by atoms with E-state index in [0.29, 0.717) is 5.69 Å². The number of rotatable bonds is 0. The van der Waals surface area contributed by atoms with E-state index in [-0.39, 0.29) is 0 Å². The molecule has 0 aliphatic carbocycles. The number of terminal acetylenes is 1. The van der Waals surface area contributed by atoms with E-state index < -0.39 is 0 Å². The first kappa shape index (κ1) is 5.93. The van der Waals surface area contributed by atoms with E-state index in [1.165, 1.54) is 0 Å². The van der Waals surface area contributed by atoms with Crippen molar-refractivity contribution >= 4 is 5.52 Å². The lowest BCUT2D eigenvalue weighted by Gasteiger charge is -1.86. The summed E-state index contributed by atoms with van der Waals surface area (Å²) in [6.07, 6.45) is 7.00. The summed E-state index contributed by atoms with van der Waals surface area (Å²) >= 11 is 0. The molecule has 0 atom stereocenters. The molecule has 0 N–H and O–H groups in total. The Bertz CT molecular complexity index is 422. The molecule has 0 saturated heterocycles. The summed E-state index contributed by atoms with van der Waals surface area (Å²) in [6, 6.07) is 5.66. The van der Waals surface area contributed by atoms with Gasteiger partial charge in [0, 0.05) is 6.20 Å². The van der Waals surface area contributed by atoms with Crippen molar-refractivity contribution in [2.24, 2.45) is 0 Å². The van der Waals surface area contributed by atoms with E-state index in [1.54, 1.807) is 4.52 Å². The van der Waals surface area contributed by atoms with Crippen molar-refractivity contribution in [2.75, 3.05) is 0 Å². The molecule has 0 radical (unpaired) electrons. The van der Waals surface area contributed by atoms with Crippen LogP contribution in [-0.2, 0) is 0 Å². The zero-order valence-corrected chi connectivity index (χ0v) is 5.73. The molecule has 0 aliphatic rings. The fourth-order valence-corrected chi connectivity index (χ4v) is 0.947. The predicted molar refractivity (Wildman–Crippen MR) is 40.9 cm³/mol. The van der Waals surface area contributed by atoms with E-state index in [1.807, 2.05) is 24.4 Å². The van der Waals surface area contributed by atoms with E-state index in [4.69, 9.17) is 6.42 Å². The molecule has 0 fully saturated rings. The molecule has 11 heavy (non-hydrogen) atoms. The van der Waals surface area contributed by atoms with Crippen LogP contribution < -0.4 is 0 Å². The molecule has 3 heteroatoms. The van der Waals surface area contributed by atoms with Gasteiger partial charge in [-0.2, -0.15) is 0 Å². The van der Waals surface area contributed by atoms with Gasteiger partial charge in [0.05, 0.1) is 0 Å². The molecular weight excluding hydrogens is 138 g/mol. The van der Waals surface area contributed by atoms with Crippen LogP contribution in [0, 0.1) is 12.3 Å². The number of nitrogens with zero attached hydrogens (tertiary/aromatic N) is 3. The molecular formula is C8H5N3. The third kappa shape index (κ3) is 0.767. The third-order valence-electron chi connectivity index (χ3n) is 1.46. The minimum atomic E-state index is 0.589. The van der Waals surface area contributed by atoms with Crippen molar-refractivity contribution in [3.8, 4) is 12.3 Å². The molecule has 0 aromatic carbocycles. The van der Waals surface area contributed by atoms with Crippen LogP contribution in [0.5, 0.6) is 0 Å². The molecule has 0 saturated carbocycles. The predicted octanol–water partition coefficient (Wildman–Crippen LogP) is 0.711. The van der Waals surface area contributed by atoms with Crippen molar-refractivity contribution in [1.29, 1.82) is 0 Å². The van der Waals surface area contributed by atoms with E-state index in [0.717, 1.165) is 5.52 Å². The Morgan fingerprint density at radius 2 is 2.36 bits per heavy atom. The maximum absolute atomic E-state index is 5.19. The topological polar surface area (TPSA) is 30.2 Å². The number of hydrogen-bond donors (Lipinski definition) is 0. The molecule has 0 bridgehead atoms. The van der Waals surface area contributed by atoms with Crippen LogP contribution in [-0.4, -0.2) is 14.8 Å². The maximum atomic E-state index is 5.19. The van der Waals surface area contributed by atoms with Gasteiger partial charge in [0.15, 0.2) is 5.69 Å². The SMILES string of the molecule is C#Cc1nnn2ccccc12. The van der Waals surface area contributed by atoms with E-state index in [9.17, 15) is 0 Å². The molecule has 3 nitrogen and oxygen atoms in total. The Morgan fingerprint density at radius 3 is 3.18 bits per heavy atom. The lowest BCUT2D eigenvalue weighted by Crippen LogP contribution is -1.83. The van der Waals surface area contributed by atoms with Crippen molar-refractivity contribution in [2.45, 2.75) is 0 Å². The van der Waals surface area contributed by atoms with Gasteiger partial charge in [-0.3, -0.25) is 0 Å². The zero-order chi connectivity index (χ0) is 7.68. The van der Waals surface area contributed by atoms with Crippen molar-refractivity contribution in [3.05, 3.63) is 30.1 Å². The van der Waals surface area contributed by atoms with Crippen LogP contribution in [0.25, 0.3) is 5.52 Å². The molecule has 2 heterocycles. The summed E-state index contributed by atoms with van der Waals surface area (Å²) in [5, 5.41) is 7.60. The summed E-state index contributed by atoms with van der Waals surface area (Å²) in [4.78, 5) is 0. The first-order valence-corrected chi connectivity index (χ1v) is 3.18. The molecule has 2 aromatic rings. The Kier molecular flexibility index (Phi) is 1.13. The summed E-state index contributed by atoms with van der Waals surface area (Å²) in [5.74, 6) is 2.46. The Morgan fingerprint density at radius 1 is 1.45 bits per heavy atom. The van der Waals surface area contributed by atoms with Gasteiger partial charge < -0.3 is 0 Å². The highest BCUT2D eigenvalue weighted by atomic mass is 15.4. The Balaban J connectivity index is 2.89. The van der Waals surface area contributed by atoms with Gasteiger partial charge in [0.1, 0.15) is 5.52 Å². The fourth-order valence-electron chi connectivity index (χ4n) is 0.947. The van der Waals surface area contributed by atoms with Gasteiger partial charge >= 0.3 is 0 Å². The number of aromatic nitrogens is 3. The number of hydrogen-bond acceptors (Lipinski definition) is 2. The fraction of sp³-hybridized carbons (Fsp3) is 0. The van der Waals surface area contributed by atoms with Crippen LogP contribution in [0.3, 0.4) is 0 Å². The molecule has 2 rings (SSSR count). The van der Waals surface area contributed by atoms with Crippen LogP contribution in [0.15, 0.2) is 24.4 Å². The van der Waals surface area contributed by atoms with Gasteiger partial charge in [-0.15, -0.1) is 11.5 Å². The second-order valence-corrected chi connectivity index (χ2v) is 2.11. The smallest absolute Gasteiger partial charge is 0.163 e. The molecule has 52 valence electrons. The average Bonchev–Trinajstić information content (AvgIpc) is 2.47. The van der Waals surface area contributed by atoms with Gasteiger partial charge in [0.25, 0.3) is 0 Å². The van der Waals surface area contributed by atoms with Gasteiger partial charge in [-0.1, -0.05) is 11.3 Å². The van der Waals surface area contributed by atoms with Crippen molar-refractivity contribution in [3.63, 3.8) is 0 Å². The average molecular weight is 143 g/mol. The monoisotopic (exact) mass is 143 g/mol. The Hall–Kier alpha value is -1.82. The zero-order valence-electron chi connectivity index (χ0n) is 5.73. The van der Waals surface area contributed by atoms with Crippen LogP contribution in [0.2, 0.25) is 0 Å². The first-order valence-electron chi connectivity index (χ1n) is 3.18. The van der Waals surface area contributed by atoms with Crippen LogP contribution in [0.4, 0.5) is 0 Å². The summed E-state index contributed by atoms with van der Waals surface area (Å²) in [7, 11) is 0. The third-order valence-corrected chi connectivity index (χ3v) is 1.46. The highest BCUT2D eigenvalue weighted by molar-refractivity contribution is 5.56. The van der Waals surface area contributed by atoms with Gasteiger partial charge in [-0.25, -0.2) is 4.52 Å². The standard InChI is InChI=1S/C8H5N3/c1-2-7-8-5-3-4-6-11(8)10-9-7/h1,3-6H. The maximum Gasteiger partial charge on any atom is 0.163 e. The largest absolute Gasteiger partial charge is 0.219 e. The van der Waals surface area contributed by atoms with Crippen molar-refractivity contribution in [1.82, 2.24) is 14.8 Å². The van der Waals surface area contributed by atoms with Crippen LogP contribution in [0.1, 0.15) is 5.69 Å². The van der Waals surface area contributed by atoms with Gasteiger partial charge in [-0.05, 0) is 18.1 Å². The quantitative estimate of drug-likeness (QED) is 0.508. The highest BCUT2D eigenvalue weighted by Gasteiger charge is 1.99. The Labute approximate surface area is 63.7 Å². The molecule has 0 spiro atoms. The first-order chi connectivity index (χ1) is 5.42. The summed E-state index contributed by atoms with van der Waals surface area (Å²) < 4.78 is 1.65. The van der Waals surface area contributed by atoms with Crippen LogP contribution >= 0.6 is 0 Å². The second kappa shape index (κ2) is 2.10.